The van der Waals surface area contributed by atoms with Crippen LogP contribution in [0.4, 0.5) is 0 Å². The van der Waals surface area contributed by atoms with Crippen molar-refractivity contribution < 1.29 is 0 Å². The average molecular weight is 473 g/mol. The van der Waals surface area contributed by atoms with E-state index in [1.165, 1.54) is 105 Å². The summed E-state index contributed by atoms with van der Waals surface area (Å²) in [7, 11) is 0. The molecule has 3 rings (SSSR count). The lowest BCUT2D eigenvalue weighted by Crippen LogP contribution is -1.94. The zero-order chi connectivity index (χ0) is 21.7. The van der Waals surface area contributed by atoms with Gasteiger partial charge in [0.25, 0.3) is 0 Å². The molecule has 0 nitrogen and oxygen atoms in total. The van der Waals surface area contributed by atoms with E-state index in [0.29, 0.717) is 0 Å². The number of unbranched alkanes of at least 4 members (excludes halogenated alkanes) is 10. The first-order chi connectivity index (χ1) is 15.3. The fourth-order valence-corrected chi connectivity index (χ4v) is 7.44. The predicted octanol–water partition coefficient (Wildman–Crippen LogP) is 11.0. The summed E-state index contributed by atoms with van der Waals surface area (Å²) in [6.45, 7) is 4.61. The van der Waals surface area contributed by atoms with Crippen molar-refractivity contribution >= 4 is 34.0 Å². The maximum atomic E-state index is 2.49. The molecular weight excluding hydrogens is 433 g/mol. The van der Waals surface area contributed by atoms with Gasteiger partial charge in [-0.15, -0.1) is 34.0 Å². The molecule has 0 N–H and O–H groups in total. The molecule has 0 bridgehead atoms. The fourth-order valence-electron chi connectivity index (χ4n) is 4.39. The minimum atomic E-state index is 1.26. The molecule has 0 unspecified atom stereocenters. The highest BCUT2D eigenvalue weighted by Crippen LogP contribution is 2.44. The highest BCUT2D eigenvalue weighted by molar-refractivity contribution is 7.21. The van der Waals surface area contributed by atoms with Crippen LogP contribution in [-0.2, 0) is 12.8 Å². The number of aryl methyl sites for hydroxylation is 1. The van der Waals surface area contributed by atoms with Crippen LogP contribution in [-0.4, -0.2) is 0 Å². The van der Waals surface area contributed by atoms with Crippen LogP contribution in [0.25, 0.3) is 20.2 Å². The lowest BCUT2D eigenvalue weighted by atomic mass is 9.96. The topological polar surface area (TPSA) is 0 Å². The van der Waals surface area contributed by atoms with Gasteiger partial charge in [-0.1, -0.05) is 84.1 Å². The van der Waals surface area contributed by atoms with Crippen LogP contribution in [0.1, 0.15) is 102 Å². The van der Waals surface area contributed by atoms with Crippen molar-refractivity contribution in [2.45, 2.75) is 104 Å². The molecule has 0 aliphatic heterocycles. The van der Waals surface area contributed by atoms with Crippen molar-refractivity contribution in [2.24, 2.45) is 0 Å². The van der Waals surface area contributed by atoms with Gasteiger partial charge in [0.2, 0.25) is 0 Å². The van der Waals surface area contributed by atoms with Crippen LogP contribution in [0, 0.1) is 0 Å². The van der Waals surface area contributed by atoms with Gasteiger partial charge in [0.1, 0.15) is 0 Å². The Morgan fingerprint density at radius 3 is 1.97 bits per heavy atom. The molecule has 0 aromatic carbocycles. The van der Waals surface area contributed by atoms with E-state index in [-0.39, 0.29) is 0 Å². The molecule has 31 heavy (non-hydrogen) atoms. The second kappa shape index (κ2) is 14.3. The summed E-state index contributed by atoms with van der Waals surface area (Å²) in [5, 5.41) is 6.98. The molecule has 0 aliphatic carbocycles. The molecule has 3 aromatic rings. The maximum absolute atomic E-state index is 2.49. The van der Waals surface area contributed by atoms with Crippen LogP contribution < -0.4 is 0 Å². The van der Waals surface area contributed by atoms with Gasteiger partial charge in [0.15, 0.2) is 0 Å². The van der Waals surface area contributed by atoms with Gasteiger partial charge in [-0.25, -0.2) is 0 Å². The lowest BCUT2D eigenvalue weighted by Gasteiger charge is -2.09. The quantitative estimate of drug-likeness (QED) is 0.182. The molecule has 0 spiro atoms. The summed E-state index contributed by atoms with van der Waals surface area (Å²) in [6, 6.07) is 6.82. The van der Waals surface area contributed by atoms with E-state index >= 15 is 0 Å². The lowest BCUT2D eigenvalue weighted by molar-refractivity contribution is 0.600. The van der Waals surface area contributed by atoms with Crippen LogP contribution in [0.2, 0.25) is 0 Å². The van der Waals surface area contributed by atoms with Crippen molar-refractivity contribution in [1.82, 2.24) is 0 Å². The van der Waals surface area contributed by atoms with E-state index in [2.05, 4.69) is 48.2 Å². The summed E-state index contributed by atoms with van der Waals surface area (Å²) in [6.07, 6.45) is 19.1. The van der Waals surface area contributed by atoms with Crippen LogP contribution >= 0.6 is 34.0 Å². The monoisotopic (exact) mass is 472 g/mol. The van der Waals surface area contributed by atoms with Gasteiger partial charge < -0.3 is 0 Å². The molecule has 0 aliphatic rings. The van der Waals surface area contributed by atoms with Gasteiger partial charge in [-0.05, 0) is 65.1 Å². The number of rotatable bonds is 16. The highest BCUT2D eigenvalue weighted by Gasteiger charge is 2.18. The molecule has 3 heteroatoms. The van der Waals surface area contributed by atoms with Crippen LogP contribution in [0.5, 0.6) is 0 Å². The van der Waals surface area contributed by atoms with Gasteiger partial charge >= 0.3 is 0 Å². The first-order valence-electron chi connectivity index (χ1n) is 12.6. The predicted molar refractivity (Wildman–Crippen MR) is 145 cm³/mol. The summed E-state index contributed by atoms with van der Waals surface area (Å²) in [4.78, 5) is 4.44. The minimum absolute atomic E-state index is 1.26. The third-order valence-corrected chi connectivity index (χ3v) is 9.28. The highest BCUT2D eigenvalue weighted by atomic mass is 32.1. The first kappa shape index (κ1) is 24.7. The van der Waals surface area contributed by atoms with E-state index in [0.717, 1.165) is 0 Å². The number of thiophene rings is 3. The van der Waals surface area contributed by atoms with Gasteiger partial charge in [-0.3, -0.25) is 0 Å². The van der Waals surface area contributed by atoms with E-state index in [1.807, 2.05) is 34.0 Å². The molecule has 0 amide bonds. The summed E-state index contributed by atoms with van der Waals surface area (Å²) in [5.41, 5.74) is 4.80. The smallest absolute Gasteiger partial charge is 0.0529 e. The summed E-state index contributed by atoms with van der Waals surface area (Å²) < 4.78 is 0. The minimum Gasteiger partial charge on any atom is -0.143 e. The molecule has 3 aromatic heterocycles. The van der Waals surface area contributed by atoms with E-state index < -0.39 is 0 Å². The maximum Gasteiger partial charge on any atom is 0.0529 e. The Kier molecular flexibility index (Phi) is 11.4. The third kappa shape index (κ3) is 7.58. The van der Waals surface area contributed by atoms with Gasteiger partial charge in [0, 0.05) is 15.3 Å². The van der Waals surface area contributed by atoms with Crippen molar-refractivity contribution in [1.29, 1.82) is 0 Å². The Balaban J connectivity index is 1.69. The van der Waals surface area contributed by atoms with Crippen LogP contribution in [0.15, 0.2) is 34.3 Å². The Morgan fingerprint density at radius 2 is 1.29 bits per heavy atom. The largest absolute Gasteiger partial charge is 0.143 e. The van der Waals surface area contributed by atoms with E-state index in [1.54, 1.807) is 16.0 Å². The molecule has 0 fully saturated rings. The van der Waals surface area contributed by atoms with Gasteiger partial charge in [0.05, 0.1) is 4.88 Å². The molecule has 3 heterocycles. The normalized spacial score (nSPS) is 11.4. The molecular formula is C28H40S3. The standard InChI is InChI=1S/C28H40S3/c1-3-5-7-9-11-13-16-23-22-31-27(24(23)17-14-12-10-8-6-4-2)25-19-21-30-28(25)26-18-15-20-29-26/h15,18-22H,3-14,16-17H2,1-2H3. The Morgan fingerprint density at radius 1 is 0.613 bits per heavy atom. The van der Waals surface area contributed by atoms with Crippen molar-refractivity contribution in [3.8, 4) is 20.2 Å². The van der Waals surface area contributed by atoms with Crippen molar-refractivity contribution in [3.05, 3.63) is 45.5 Å². The number of hydrogen-bond acceptors (Lipinski definition) is 3. The SMILES string of the molecule is CCCCCCCCc1csc(-c2ccsc2-c2cccs2)c1CCCCCCCC. The van der Waals surface area contributed by atoms with E-state index in [9.17, 15) is 0 Å². The molecule has 0 saturated carbocycles. The zero-order valence-corrected chi connectivity index (χ0v) is 22.0. The van der Waals surface area contributed by atoms with Gasteiger partial charge in [-0.2, -0.15) is 0 Å². The fraction of sp³-hybridized carbons (Fsp3) is 0.571. The van der Waals surface area contributed by atoms with Crippen molar-refractivity contribution in [3.63, 3.8) is 0 Å². The molecule has 0 saturated heterocycles. The summed E-state index contributed by atoms with van der Waals surface area (Å²) >= 11 is 5.77. The third-order valence-electron chi connectivity index (χ3n) is 6.22. The Labute approximate surface area is 202 Å². The Bertz CT molecular complexity index is 838. The second-order valence-electron chi connectivity index (χ2n) is 8.74. The second-order valence-corrected chi connectivity index (χ2v) is 11.5. The number of hydrogen-bond donors (Lipinski definition) is 0. The van der Waals surface area contributed by atoms with Crippen LogP contribution in [0.3, 0.4) is 0 Å². The van der Waals surface area contributed by atoms with Crippen molar-refractivity contribution in [2.75, 3.05) is 0 Å². The molecule has 170 valence electrons. The Hall–Kier alpha value is -0.900. The zero-order valence-electron chi connectivity index (χ0n) is 19.6. The van der Waals surface area contributed by atoms with E-state index in [4.69, 9.17) is 0 Å². The average Bonchev–Trinajstić information content (AvgIpc) is 3.53. The first-order valence-corrected chi connectivity index (χ1v) is 15.2. The summed E-state index contributed by atoms with van der Waals surface area (Å²) in [5.74, 6) is 0. The molecule has 0 radical (unpaired) electrons. The molecule has 0 atom stereocenters.